The van der Waals surface area contributed by atoms with Crippen molar-refractivity contribution in [3.8, 4) is 11.3 Å². The first kappa shape index (κ1) is 13.8. The average molecular weight is 347 g/mol. The highest BCUT2D eigenvalue weighted by Crippen LogP contribution is 2.23. The molecule has 0 unspecified atom stereocenters. The standard InChI is InChI=1S/C15H12BrFN4/c16-13-4-3-12(6-14(13)17)19-8-11-9-20-21-15(11)10-2-1-5-18-7-10/h1-7,9,19H,8H2,(H,20,21). The lowest BCUT2D eigenvalue weighted by molar-refractivity contribution is 0.621. The van der Waals surface area contributed by atoms with E-state index in [1.165, 1.54) is 6.07 Å². The Labute approximate surface area is 129 Å². The lowest BCUT2D eigenvalue weighted by atomic mass is 10.1. The number of hydrogen-bond acceptors (Lipinski definition) is 3. The van der Waals surface area contributed by atoms with Crippen molar-refractivity contribution >= 4 is 21.6 Å². The third-order valence-electron chi connectivity index (χ3n) is 3.07. The molecule has 0 spiro atoms. The van der Waals surface area contributed by atoms with Crippen molar-refractivity contribution < 1.29 is 4.39 Å². The molecule has 3 aromatic rings. The molecule has 21 heavy (non-hydrogen) atoms. The summed E-state index contributed by atoms with van der Waals surface area (Å²) in [7, 11) is 0. The van der Waals surface area contributed by atoms with Crippen LogP contribution in [-0.2, 0) is 6.54 Å². The molecule has 0 aliphatic carbocycles. The summed E-state index contributed by atoms with van der Waals surface area (Å²) < 4.78 is 13.9. The summed E-state index contributed by atoms with van der Waals surface area (Å²) in [6, 6.07) is 8.78. The highest BCUT2D eigenvalue weighted by molar-refractivity contribution is 9.10. The molecule has 106 valence electrons. The number of rotatable bonds is 4. The molecule has 0 saturated carbocycles. The van der Waals surface area contributed by atoms with Gasteiger partial charge in [0.1, 0.15) is 5.82 Å². The summed E-state index contributed by atoms with van der Waals surface area (Å²) in [5.41, 5.74) is 3.59. The smallest absolute Gasteiger partial charge is 0.139 e. The maximum absolute atomic E-state index is 13.5. The van der Waals surface area contributed by atoms with Gasteiger partial charge >= 0.3 is 0 Å². The van der Waals surface area contributed by atoms with Crippen molar-refractivity contribution in [3.63, 3.8) is 0 Å². The van der Waals surface area contributed by atoms with Crippen molar-refractivity contribution in [2.45, 2.75) is 6.54 Å². The van der Waals surface area contributed by atoms with Crippen LogP contribution in [0.4, 0.5) is 10.1 Å². The zero-order valence-electron chi connectivity index (χ0n) is 11.0. The molecule has 0 atom stereocenters. The van der Waals surface area contributed by atoms with Gasteiger partial charge in [-0.3, -0.25) is 10.1 Å². The minimum Gasteiger partial charge on any atom is -0.381 e. The fourth-order valence-corrected chi connectivity index (χ4v) is 2.26. The first-order valence-electron chi connectivity index (χ1n) is 6.35. The monoisotopic (exact) mass is 346 g/mol. The van der Waals surface area contributed by atoms with Crippen molar-refractivity contribution in [2.75, 3.05) is 5.32 Å². The molecule has 2 aromatic heterocycles. The number of nitrogens with zero attached hydrogens (tertiary/aromatic N) is 2. The number of halogens is 2. The van der Waals surface area contributed by atoms with Crippen LogP contribution in [-0.4, -0.2) is 15.2 Å². The van der Waals surface area contributed by atoms with Crippen LogP contribution in [0.3, 0.4) is 0 Å². The Morgan fingerprint density at radius 3 is 2.90 bits per heavy atom. The molecule has 0 saturated heterocycles. The summed E-state index contributed by atoms with van der Waals surface area (Å²) in [4.78, 5) is 4.10. The van der Waals surface area contributed by atoms with Crippen molar-refractivity contribution in [1.82, 2.24) is 15.2 Å². The van der Waals surface area contributed by atoms with E-state index in [4.69, 9.17) is 0 Å². The van der Waals surface area contributed by atoms with E-state index in [1.807, 2.05) is 18.2 Å². The van der Waals surface area contributed by atoms with E-state index in [9.17, 15) is 4.39 Å². The zero-order valence-corrected chi connectivity index (χ0v) is 12.6. The second-order valence-electron chi connectivity index (χ2n) is 4.49. The Hall–Kier alpha value is -2.21. The van der Waals surface area contributed by atoms with Crippen molar-refractivity contribution in [3.05, 3.63) is 64.8 Å². The zero-order chi connectivity index (χ0) is 14.7. The van der Waals surface area contributed by atoms with Gasteiger partial charge in [0.15, 0.2) is 0 Å². The maximum Gasteiger partial charge on any atom is 0.139 e. The average Bonchev–Trinajstić information content (AvgIpc) is 2.98. The SMILES string of the molecule is Fc1cc(NCc2cn[nH]c2-c2cccnc2)ccc1Br. The van der Waals surface area contributed by atoms with Crippen LogP contribution < -0.4 is 5.32 Å². The third kappa shape index (κ3) is 3.11. The van der Waals surface area contributed by atoms with Gasteiger partial charge in [0, 0.05) is 35.8 Å². The Morgan fingerprint density at radius 1 is 1.24 bits per heavy atom. The molecule has 1 aromatic carbocycles. The molecule has 0 amide bonds. The Morgan fingerprint density at radius 2 is 2.14 bits per heavy atom. The topological polar surface area (TPSA) is 53.6 Å². The molecular formula is C15H12BrFN4. The van der Waals surface area contributed by atoms with Crippen LogP contribution in [0.5, 0.6) is 0 Å². The Balaban J connectivity index is 1.77. The fraction of sp³-hybridized carbons (Fsp3) is 0.0667. The summed E-state index contributed by atoms with van der Waals surface area (Å²) in [5, 5.41) is 10.2. The lowest BCUT2D eigenvalue weighted by Gasteiger charge is -2.07. The van der Waals surface area contributed by atoms with E-state index < -0.39 is 0 Å². The molecule has 0 aliphatic rings. The number of benzene rings is 1. The second kappa shape index (κ2) is 6.05. The molecule has 6 heteroatoms. The first-order chi connectivity index (χ1) is 10.2. The van der Waals surface area contributed by atoms with E-state index in [-0.39, 0.29) is 5.82 Å². The van der Waals surface area contributed by atoms with E-state index in [2.05, 4.69) is 36.4 Å². The summed E-state index contributed by atoms with van der Waals surface area (Å²) in [6.07, 6.45) is 5.25. The molecule has 3 rings (SSSR count). The Kier molecular flexibility index (Phi) is 3.96. The molecule has 0 bridgehead atoms. The number of nitrogens with one attached hydrogen (secondary N) is 2. The molecule has 2 heterocycles. The highest BCUT2D eigenvalue weighted by Gasteiger charge is 2.08. The van der Waals surface area contributed by atoms with Crippen LogP contribution >= 0.6 is 15.9 Å². The lowest BCUT2D eigenvalue weighted by Crippen LogP contribution is -2.00. The molecule has 0 aliphatic heterocycles. The second-order valence-corrected chi connectivity index (χ2v) is 5.35. The number of aromatic amines is 1. The van der Waals surface area contributed by atoms with Crippen LogP contribution in [0.2, 0.25) is 0 Å². The molecule has 4 nitrogen and oxygen atoms in total. The Bertz CT molecular complexity index is 742. The van der Waals surface area contributed by atoms with Gasteiger partial charge in [-0.2, -0.15) is 5.10 Å². The molecule has 2 N–H and O–H groups in total. The number of pyridine rings is 1. The molecular weight excluding hydrogens is 335 g/mol. The van der Waals surface area contributed by atoms with Gasteiger partial charge in [-0.25, -0.2) is 4.39 Å². The quantitative estimate of drug-likeness (QED) is 0.751. The largest absolute Gasteiger partial charge is 0.381 e. The number of hydrogen-bond donors (Lipinski definition) is 2. The third-order valence-corrected chi connectivity index (χ3v) is 3.71. The highest BCUT2D eigenvalue weighted by atomic mass is 79.9. The van der Waals surface area contributed by atoms with Crippen LogP contribution in [0, 0.1) is 5.82 Å². The minimum atomic E-state index is -0.292. The number of H-pyrrole nitrogens is 1. The number of anilines is 1. The van der Waals surface area contributed by atoms with Gasteiger partial charge in [0.05, 0.1) is 16.4 Å². The summed E-state index contributed by atoms with van der Waals surface area (Å²) in [5.74, 6) is -0.292. The normalized spacial score (nSPS) is 10.6. The van der Waals surface area contributed by atoms with E-state index in [0.717, 1.165) is 16.8 Å². The van der Waals surface area contributed by atoms with Crippen LogP contribution in [0.15, 0.2) is 53.4 Å². The number of aromatic nitrogens is 3. The van der Waals surface area contributed by atoms with Crippen molar-refractivity contribution in [2.24, 2.45) is 0 Å². The van der Waals surface area contributed by atoms with E-state index in [0.29, 0.717) is 16.7 Å². The van der Waals surface area contributed by atoms with Gasteiger partial charge < -0.3 is 5.32 Å². The summed E-state index contributed by atoms with van der Waals surface area (Å²) in [6.45, 7) is 0.543. The van der Waals surface area contributed by atoms with Crippen LogP contribution in [0.25, 0.3) is 11.3 Å². The van der Waals surface area contributed by atoms with Gasteiger partial charge in [0.25, 0.3) is 0 Å². The van der Waals surface area contributed by atoms with Gasteiger partial charge in [0.2, 0.25) is 0 Å². The fourth-order valence-electron chi connectivity index (χ4n) is 2.01. The molecule has 0 radical (unpaired) electrons. The van der Waals surface area contributed by atoms with Crippen molar-refractivity contribution in [1.29, 1.82) is 0 Å². The first-order valence-corrected chi connectivity index (χ1v) is 7.15. The minimum absolute atomic E-state index is 0.292. The predicted octanol–water partition coefficient (Wildman–Crippen LogP) is 3.99. The maximum atomic E-state index is 13.5. The van der Waals surface area contributed by atoms with E-state index in [1.54, 1.807) is 24.7 Å². The van der Waals surface area contributed by atoms with Gasteiger partial charge in [-0.15, -0.1) is 0 Å². The summed E-state index contributed by atoms with van der Waals surface area (Å²) >= 11 is 3.14. The predicted molar refractivity (Wildman–Crippen MR) is 83.2 cm³/mol. The van der Waals surface area contributed by atoms with Gasteiger partial charge in [-0.05, 0) is 46.3 Å². The van der Waals surface area contributed by atoms with Gasteiger partial charge in [-0.1, -0.05) is 0 Å². The van der Waals surface area contributed by atoms with Crippen LogP contribution in [0.1, 0.15) is 5.56 Å². The van der Waals surface area contributed by atoms with E-state index >= 15 is 0 Å². The molecule has 0 fully saturated rings.